The molecule has 1 fully saturated rings. The summed E-state index contributed by atoms with van der Waals surface area (Å²) in [6, 6.07) is 7.44. The van der Waals surface area contributed by atoms with Crippen LogP contribution in [0.1, 0.15) is 30.9 Å². The summed E-state index contributed by atoms with van der Waals surface area (Å²) in [5.41, 5.74) is 4.29. The second-order valence-electron chi connectivity index (χ2n) is 5.09. The summed E-state index contributed by atoms with van der Waals surface area (Å²) >= 11 is 0. The molecule has 0 aliphatic heterocycles. The van der Waals surface area contributed by atoms with Crippen LogP contribution in [0.25, 0.3) is 10.9 Å². The van der Waals surface area contributed by atoms with E-state index in [0.717, 1.165) is 19.0 Å². The van der Waals surface area contributed by atoms with Gasteiger partial charge in [0.2, 0.25) is 0 Å². The van der Waals surface area contributed by atoms with Gasteiger partial charge in [-0.2, -0.15) is 0 Å². The number of aryl methyl sites for hydroxylation is 2. The number of aromatic nitrogens is 1. The zero-order valence-electron chi connectivity index (χ0n) is 10.7. The van der Waals surface area contributed by atoms with Gasteiger partial charge in [-0.3, -0.25) is 0 Å². The minimum Gasteiger partial charge on any atom is -0.350 e. The Hall–Kier alpha value is -1.28. The number of nitrogens with one attached hydrogen (secondary N) is 1. The van der Waals surface area contributed by atoms with Crippen molar-refractivity contribution in [1.29, 1.82) is 0 Å². The largest absolute Gasteiger partial charge is 0.350 e. The maximum absolute atomic E-state index is 3.60. The summed E-state index contributed by atoms with van der Waals surface area (Å²) < 4.78 is 2.28. The highest BCUT2D eigenvalue weighted by atomic mass is 15.0. The van der Waals surface area contributed by atoms with Crippen LogP contribution >= 0.6 is 0 Å². The molecule has 1 aromatic heterocycles. The van der Waals surface area contributed by atoms with Crippen molar-refractivity contribution in [1.82, 2.24) is 9.88 Å². The summed E-state index contributed by atoms with van der Waals surface area (Å²) in [4.78, 5) is 0. The van der Waals surface area contributed by atoms with Gasteiger partial charge in [-0.15, -0.1) is 0 Å². The van der Waals surface area contributed by atoms with Crippen LogP contribution in [0.3, 0.4) is 0 Å². The molecule has 2 aromatic rings. The van der Waals surface area contributed by atoms with E-state index < -0.39 is 0 Å². The lowest BCUT2D eigenvalue weighted by molar-refractivity contribution is 0.689. The van der Waals surface area contributed by atoms with Gasteiger partial charge in [0.05, 0.1) is 5.52 Å². The third-order valence-electron chi connectivity index (χ3n) is 3.71. The number of hydrogen-bond donors (Lipinski definition) is 1. The van der Waals surface area contributed by atoms with Gasteiger partial charge in [0.15, 0.2) is 0 Å². The Bertz CT molecular complexity index is 535. The normalized spacial score (nSPS) is 15.6. The Morgan fingerprint density at radius 2 is 2.12 bits per heavy atom. The highest BCUT2D eigenvalue weighted by Crippen LogP contribution is 2.26. The fourth-order valence-electron chi connectivity index (χ4n) is 2.60. The van der Waals surface area contributed by atoms with Gasteiger partial charge < -0.3 is 9.88 Å². The molecular weight excluding hydrogens is 208 g/mol. The molecule has 90 valence electrons. The number of rotatable bonds is 4. The first-order valence-electron chi connectivity index (χ1n) is 6.58. The predicted molar refractivity (Wildman–Crippen MR) is 72.2 cm³/mol. The zero-order chi connectivity index (χ0) is 11.8. The molecule has 1 saturated carbocycles. The van der Waals surface area contributed by atoms with Gasteiger partial charge >= 0.3 is 0 Å². The first-order chi connectivity index (χ1) is 8.29. The van der Waals surface area contributed by atoms with Crippen LogP contribution < -0.4 is 5.32 Å². The van der Waals surface area contributed by atoms with Crippen LogP contribution in [-0.4, -0.2) is 10.6 Å². The van der Waals surface area contributed by atoms with Crippen LogP contribution in [0.5, 0.6) is 0 Å². The maximum atomic E-state index is 3.60. The Kier molecular flexibility index (Phi) is 2.67. The average Bonchev–Trinajstić information content (AvgIpc) is 3.12. The molecule has 1 aromatic carbocycles. The molecule has 0 spiro atoms. The lowest BCUT2D eigenvalue weighted by Gasteiger charge is -2.03. The molecule has 0 unspecified atom stereocenters. The number of hydrogen-bond acceptors (Lipinski definition) is 1. The average molecular weight is 228 g/mol. The third-order valence-corrected chi connectivity index (χ3v) is 3.71. The second kappa shape index (κ2) is 4.19. The van der Waals surface area contributed by atoms with Crippen molar-refractivity contribution in [2.24, 2.45) is 7.05 Å². The van der Waals surface area contributed by atoms with E-state index in [0.29, 0.717) is 0 Å². The topological polar surface area (TPSA) is 17.0 Å². The molecule has 0 amide bonds. The molecule has 2 heteroatoms. The zero-order valence-corrected chi connectivity index (χ0v) is 10.7. The van der Waals surface area contributed by atoms with E-state index >= 15 is 0 Å². The van der Waals surface area contributed by atoms with Gasteiger partial charge in [0.1, 0.15) is 0 Å². The van der Waals surface area contributed by atoms with Crippen molar-refractivity contribution >= 4 is 10.9 Å². The van der Waals surface area contributed by atoms with Crippen LogP contribution in [0.15, 0.2) is 24.4 Å². The maximum Gasteiger partial charge on any atom is 0.0513 e. The quantitative estimate of drug-likeness (QED) is 0.851. The smallest absolute Gasteiger partial charge is 0.0513 e. The Balaban J connectivity index is 2.00. The van der Waals surface area contributed by atoms with Crippen LogP contribution in [-0.2, 0) is 20.0 Å². The van der Waals surface area contributed by atoms with Crippen molar-refractivity contribution in [3.63, 3.8) is 0 Å². The first-order valence-corrected chi connectivity index (χ1v) is 6.58. The SMILES string of the molecule is CCc1cccc2c(CNC3CC3)cn(C)c12. The van der Waals surface area contributed by atoms with Gasteiger partial charge in [0.25, 0.3) is 0 Å². The number of fused-ring (bicyclic) bond motifs is 1. The van der Waals surface area contributed by atoms with E-state index in [9.17, 15) is 0 Å². The van der Waals surface area contributed by atoms with E-state index in [-0.39, 0.29) is 0 Å². The monoisotopic (exact) mass is 228 g/mol. The lowest BCUT2D eigenvalue weighted by Crippen LogP contribution is -2.14. The summed E-state index contributed by atoms with van der Waals surface area (Å²) in [5, 5.41) is 5.02. The second-order valence-corrected chi connectivity index (χ2v) is 5.09. The van der Waals surface area contributed by atoms with Crippen LogP contribution in [0.4, 0.5) is 0 Å². The molecular formula is C15H20N2. The highest BCUT2D eigenvalue weighted by molar-refractivity contribution is 5.86. The minimum atomic E-state index is 0.777. The highest BCUT2D eigenvalue weighted by Gasteiger charge is 2.20. The molecule has 1 aliphatic rings. The van der Waals surface area contributed by atoms with E-state index in [2.05, 4.69) is 48.3 Å². The van der Waals surface area contributed by atoms with E-state index in [4.69, 9.17) is 0 Å². The van der Waals surface area contributed by atoms with Crippen molar-refractivity contribution in [2.45, 2.75) is 38.8 Å². The van der Waals surface area contributed by atoms with Gasteiger partial charge in [-0.1, -0.05) is 25.1 Å². The van der Waals surface area contributed by atoms with Crippen molar-refractivity contribution in [3.05, 3.63) is 35.5 Å². The van der Waals surface area contributed by atoms with E-state index in [1.165, 1.54) is 34.9 Å². The van der Waals surface area contributed by atoms with Crippen molar-refractivity contribution in [2.75, 3.05) is 0 Å². The molecule has 0 saturated heterocycles. The molecule has 1 heterocycles. The van der Waals surface area contributed by atoms with Gasteiger partial charge in [-0.05, 0) is 30.4 Å². The lowest BCUT2D eigenvalue weighted by atomic mass is 10.1. The summed E-state index contributed by atoms with van der Waals surface area (Å²) in [5.74, 6) is 0. The fourth-order valence-corrected chi connectivity index (χ4v) is 2.60. The third kappa shape index (κ3) is 1.98. The number of benzene rings is 1. The van der Waals surface area contributed by atoms with Crippen LogP contribution in [0.2, 0.25) is 0 Å². The van der Waals surface area contributed by atoms with Gasteiger partial charge in [0, 0.05) is 31.2 Å². The molecule has 3 rings (SSSR count). The standard InChI is InChI=1S/C15H20N2/c1-3-11-5-4-6-14-12(9-16-13-7-8-13)10-17(2)15(11)14/h4-6,10,13,16H,3,7-9H2,1-2H3. The first kappa shape index (κ1) is 10.8. The molecule has 1 N–H and O–H groups in total. The summed E-state index contributed by atoms with van der Waals surface area (Å²) in [6.45, 7) is 3.24. The van der Waals surface area contributed by atoms with Crippen LogP contribution in [0, 0.1) is 0 Å². The Morgan fingerprint density at radius 3 is 2.82 bits per heavy atom. The Morgan fingerprint density at radius 1 is 1.29 bits per heavy atom. The fraction of sp³-hybridized carbons (Fsp3) is 0.467. The van der Waals surface area contributed by atoms with Crippen molar-refractivity contribution < 1.29 is 0 Å². The van der Waals surface area contributed by atoms with Crippen molar-refractivity contribution in [3.8, 4) is 0 Å². The van der Waals surface area contributed by atoms with E-state index in [1.54, 1.807) is 0 Å². The van der Waals surface area contributed by atoms with Gasteiger partial charge in [-0.25, -0.2) is 0 Å². The summed E-state index contributed by atoms with van der Waals surface area (Å²) in [6.07, 6.45) is 6.08. The molecule has 0 radical (unpaired) electrons. The molecule has 1 aliphatic carbocycles. The minimum absolute atomic E-state index is 0.777. The molecule has 17 heavy (non-hydrogen) atoms. The van der Waals surface area contributed by atoms with E-state index in [1.807, 2.05) is 0 Å². The molecule has 2 nitrogen and oxygen atoms in total. The predicted octanol–water partition coefficient (Wildman–Crippen LogP) is 2.99. The number of para-hydroxylation sites is 1. The molecule has 0 atom stereocenters. The Labute approximate surface area is 103 Å². The molecule has 0 bridgehead atoms. The summed E-state index contributed by atoms with van der Waals surface area (Å²) in [7, 11) is 2.15. The number of nitrogens with zero attached hydrogens (tertiary/aromatic N) is 1.